The molecular formula is C13H14ClNO3S. The fourth-order valence-corrected chi connectivity index (χ4v) is 2.39. The summed E-state index contributed by atoms with van der Waals surface area (Å²) in [5.41, 5.74) is 0.767. The van der Waals surface area contributed by atoms with Gasteiger partial charge in [0.1, 0.15) is 12.2 Å². The zero-order valence-electron chi connectivity index (χ0n) is 10.3. The Bertz CT molecular complexity index is 501. The van der Waals surface area contributed by atoms with Crippen molar-refractivity contribution in [3.8, 4) is 6.07 Å². The molecule has 0 saturated carbocycles. The second-order valence-corrected chi connectivity index (χ2v) is 5.67. The molecular weight excluding hydrogens is 286 g/mol. The summed E-state index contributed by atoms with van der Waals surface area (Å²) in [5.74, 6) is 0.442. The molecule has 0 heterocycles. The van der Waals surface area contributed by atoms with Crippen LogP contribution in [0.25, 0.3) is 0 Å². The third-order valence-electron chi connectivity index (χ3n) is 2.54. The van der Waals surface area contributed by atoms with Crippen molar-refractivity contribution < 1.29 is 15.0 Å². The molecule has 1 aromatic carbocycles. The smallest absolute Gasteiger partial charge is 0.185 e. The van der Waals surface area contributed by atoms with Gasteiger partial charge in [-0.25, -0.2) is 0 Å². The molecule has 0 bridgehead atoms. The summed E-state index contributed by atoms with van der Waals surface area (Å²) < 4.78 is 0. The highest BCUT2D eigenvalue weighted by Crippen LogP contribution is 2.25. The Kier molecular flexibility index (Phi) is 6.32. The maximum atomic E-state index is 10.8. The van der Waals surface area contributed by atoms with E-state index in [1.54, 1.807) is 6.07 Å². The molecule has 2 atom stereocenters. The molecule has 2 unspecified atom stereocenters. The van der Waals surface area contributed by atoms with E-state index >= 15 is 0 Å². The van der Waals surface area contributed by atoms with E-state index in [4.69, 9.17) is 16.9 Å². The van der Waals surface area contributed by atoms with Crippen molar-refractivity contribution >= 4 is 28.5 Å². The maximum absolute atomic E-state index is 10.8. The van der Waals surface area contributed by atoms with Crippen LogP contribution in [-0.4, -0.2) is 27.2 Å². The van der Waals surface area contributed by atoms with E-state index in [1.165, 1.54) is 19.1 Å². The van der Waals surface area contributed by atoms with E-state index in [1.807, 2.05) is 6.07 Å². The predicted molar refractivity (Wildman–Crippen MR) is 74.9 cm³/mol. The summed E-state index contributed by atoms with van der Waals surface area (Å²) in [6.45, 7) is 1.45. The zero-order valence-corrected chi connectivity index (χ0v) is 11.9. The Morgan fingerprint density at radius 2 is 2.21 bits per heavy atom. The average molecular weight is 300 g/mol. The van der Waals surface area contributed by atoms with Gasteiger partial charge in [0.05, 0.1) is 16.7 Å². The number of carbonyl (C=O) groups is 1. The Labute approximate surface area is 121 Å². The monoisotopic (exact) mass is 299 g/mol. The van der Waals surface area contributed by atoms with Crippen LogP contribution in [0.15, 0.2) is 18.2 Å². The fourth-order valence-electron chi connectivity index (χ4n) is 1.51. The molecule has 6 heteroatoms. The lowest BCUT2D eigenvalue weighted by atomic mass is 10.0. The molecule has 0 spiro atoms. The summed E-state index contributed by atoms with van der Waals surface area (Å²) in [5, 5.41) is 28.7. The van der Waals surface area contributed by atoms with E-state index in [9.17, 15) is 15.0 Å². The number of rotatable bonds is 5. The van der Waals surface area contributed by atoms with Gasteiger partial charge in [0, 0.05) is 12.7 Å². The van der Waals surface area contributed by atoms with Crippen LogP contribution in [-0.2, 0) is 4.79 Å². The number of aliphatic hydroxyl groups is 2. The average Bonchev–Trinajstić information content (AvgIpc) is 2.37. The van der Waals surface area contributed by atoms with Gasteiger partial charge in [-0.2, -0.15) is 5.26 Å². The zero-order chi connectivity index (χ0) is 14.4. The summed E-state index contributed by atoms with van der Waals surface area (Å²) in [7, 11) is 0. The molecule has 0 amide bonds. The van der Waals surface area contributed by atoms with Crippen LogP contribution in [0.5, 0.6) is 0 Å². The molecule has 0 radical (unpaired) electrons. The van der Waals surface area contributed by atoms with Crippen molar-refractivity contribution in [1.29, 1.82) is 5.26 Å². The summed E-state index contributed by atoms with van der Waals surface area (Å²) >= 11 is 6.96. The number of aliphatic hydroxyl groups excluding tert-OH is 2. The van der Waals surface area contributed by atoms with Gasteiger partial charge < -0.3 is 10.2 Å². The fraction of sp³-hybridized carbons (Fsp3) is 0.385. The van der Waals surface area contributed by atoms with Gasteiger partial charge >= 0.3 is 0 Å². The number of hydrogen-bond acceptors (Lipinski definition) is 5. The first-order valence-corrected chi connectivity index (χ1v) is 7.01. The standard InChI is InChI=1S/C13H14ClNO3S/c1-8(16)19-5-4-12(17)13(18)9-2-3-10(7-15)11(14)6-9/h2-3,6,12-13,17-18H,4-5H2,1H3. The minimum absolute atomic E-state index is 0.0249. The van der Waals surface area contributed by atoms with Crippen LogP contribution in [0.4, 0.5) is 0 Å². The van der Waals surface area contributed by atoms with Gasteiger partial charge in [-0.05, 0) is 24.1 Å². The predicted octanol–water partition coefficient (Wildman–Crippen LogP) is 2.28. The van der Waals surface area contributed by atoms with Gasteiger partial charge in [-0.15, -0.1) is 0 Å². The Morgan fingerprint density at radius 1 is 1.53 bits per heavy atom. The van der Waals surface area contributed by atoms with Crippen molar-refractivity contribution in [2.24, 2.45) is 0 Å². The normalized spacial score (nSPS) is 13.6. The quantitative estimate of drug-likeness (QED) is 0.871. The van der Waals surface area contributed by atoms with Crippen LogP contribution in [0.1, 0.15) is 30.6 Å². The SMILES string of the molecule is CC(=O)SCCC(O)C(O)c1ccc(C#N)c(Cl)c1. The summed E-state index contributed by atoms with van der Waals surface area (Å²) in [4.78, 5) is 10.8. The number of thioether (sulfide) groups is 1. The molecule has 0 saturated heterocycles. The number of nitriles is 1. The first-order chi connectivity index (χ1) is 8.95. The van der Waals surface area contributed by atoms with Crippen LogP contribution < -0.4 is 0 Å². The summed E-state index contributed by atoms with van der Waals surface area (Å²) in [6, 6.07) is 6.43. The minimum atomic E-state index is -1.09. The third-order valence-corrected chi connectivity index (χ3v) is 3.70. The van der Waals surface area contributed by atoms with Gasteiger partial charge in [-0.1, -0.05) is 29.4 Å². The molecule has 4 nitrogen and oxygen atoms in total. The molecule has 102 valence electrons. The first kappa shape index (κ1) is 16.0. The maximum Gasteiger partial charge on any atom is 0.185 e. The lowest BCUT2D eigenvalue weighted by Gasteiger charge is -2.18. The minimum Gasteiger partial charge on any atom is -0.390 e. The molecule has 19 heavy (non-hydrogen) atoms. The Balaban J connectivity index is 2.66. The third kappa shape index (κ3) is 4.84. The lowest BCUT2D eigenvalue weighted by Crippen LogP contribution is -2.19. The van der Waals surface area contributed by atoms with Crippen LogP contribution in [0.3, 0.4) is 0 Å². The Hall–Kier alpha value is -1.06. The lowest BCUT2D eigenvalue weighted by molar-refractivity contribution is -0.109. The van der Waals surface area contributed by atoms with Crippen molar-refractivity contribution in [3.05, 3.63) is 34.3 Å². The highest BCUT2D eigenvalue weighted by atomic mass is 35.5. The van der Waals surface area contributed by atoms with Crippen molar-refractivity contribution in [2.45, 2.75) is 25.6 Å². The first-order valence-electron chi connectivity index (χ1n) is 5.64. The van der Waals surface area contributed by atoms with Gasteiger partial charge in [-0.3, -0.25) is 4.79 Å². The highest BCUT2D eigenvalue weighted by molar-refractivity contribution is 8.13. The highest BCUT2D eigenvalue weighted by Gasteiger charge is 2.19. The molecule has 2 N–H and O–H groups in total. The molecule has 0 fully saturated rings. The van der Waals surface area contributed by atoms with Crippen LogP contribution >= 0.6 is 23.4 Å². The number of carbonyl (C=O) groups excluding carboxylic acids is 1. The van der Waals surface area contributed by atoms with E-state index in [-0.39, 0.29) is 10.1 Å². The Morgan fingerprint density at radius 3 is 2.74 bits per heavy atom. The number of hydrogen-bond donors (Lipinski definition) is 2. The molecule has 1 aromatic rings. The summed E-state index contributed by atoms with van der Waals surface area (Å²) in [6.07, 6.45) is -1.77. The number of nitrogens with zero attached hydrogens (tertiary/aromatic N) is 1. The molecule has 0 aliphatic rings. The van der Waals surface area contributed by atoms with Crippen molar-refractivity contribution in [1.82, 2.24) is 0 Å². The van der Waals surface area contributed by atoms with Gasteiger partial charge in [0.15, 0.2) is 5.12 Å². The molecule has 0 aliphatic heterocycles. The van der Waals surface area contributed by atoms with Crippen molar-refractivity contribution in [3.63, 3.8) is 0 Å². The van der Waals surface area contributed by atoms with E-state index in [0.717, 1.165) is 11.8 Å². The van der Waals surface area contributed by atoms with E-state index in [2.05, 4.69) is 0 Å². The number of benzene rings is 1. The second kappa shape index (κ2) is 7.51. The van der Waals surface area contributed by atoms with E-state index < -0.39 is 12.2 Å². The molecule has 1 rings (SSSR count). The second-order valence-electron chi connectivity index (χ2n) is 3.99. The molecule has 0 aliphatic carbocycles. The van der Waals surface area contributed by atoms with Crippen LogP contribution in [0, 0.1) is 11.3 Å². The van der Waals surface area contributed by atoms with Gasteiger partial charge in [0.2, 0.25) is 0 Å². The largest absolute Gasteiger partial charge is 0.390 e. The van der Waals surface area contributed by atoms with Crippen LogP contribution in [0.2, 0.25) is 5.02 Å². The van der Waals surface area contributed by atoms with Gasteiger partial charge in [0.25, 0.3) is 0 Å². The topological polar surface area (TPSA) is 81.3 Å². The van der Waals surface area contributed by atoms with E-state index in [0.29, 0.717) is 23.3 Å². The number of halogens is 1. The van der Waals surface area contributed by atoms with Crippen molar-refractivity contribution in [2.75, 3.05) is 5.75 Å². The molecule has 0 aromatic heterocycles.